The predicted molar refractivity (Wildman–Crippen MR) is 65.0 cm³/mol. The van der Waals surface area contributed by atoms with E-state index in [-0.39, 0.29) is 13.2 Å². The van der Waals surface area contributed by atoms with Gasteiger partial charge >= 0.3 is 12.1 Å². The van der Waals surface area contributed by atoms with Crippen LogP contribution in [0.2, 0.25) is 0 Å². The number of ether oxygens (including phenoxy) is 4. The number of carbonyl (C=O) groups is 2. The Labute approximate surface area is 110 Å². The smallest absolute Gasteiger partial charge is 0.405 e. The second kappa shape index (κ2) is 7.42. The Morgan fingerprint density at radius 3 is 2.84 bits per heavy atom. The first kappa shape index (κ1) is 15.0. The maximum absolute atomic E-state index is 10.8. The van der Waals surface area contributed by atoms with Gasteiger partial charge in [-0.25, -0.2) is 4.79 Å². The minimum Gasteiger partial charge on any atom is -0.492 e. The fraction of sp³-hybridized carbons (Fsp3) is 0.500. The highest BCUT2D eigenvalue weighted by atomic mass is 16.6. The number of primary amides is 1. The van der Waals surface area contributed by atoms with Gasteiger partial charge in [-0.2, -0.15) is 0 Å². The van der Waals surface area contributed by atoms with Crippen molar-refractivity contribution >= 4 is 12.1 Å². The number of hydrogen-bond acceptors (Lipinski definition) is 6. The summed E-state index contributed by atoms with van der Waals surface area (Å²) in [6.07, 6.45) is 1.57. The molecule has 106 valence electrons. The zero-order valence-electron chi connectivity index (χ0n) is 10.6. The molecule has 0 unspecified atom stereocenters. The number of esters is 1. The van der Waals surface area contributed by atoms with Crippen LogP contribution in [0.1, 0.15) is 6.92 Å². The molecular weight excluding hydrogens is 254 g/mol. The van der Waals surface area contributed by atoms with Crippen LogP contribution >= 0.6 is 0 Å². The summed E-state index contributed by atoms with van der Waals surface area (Å²) in [4.78, 5) is 21.6. The van der Waals surface area contributed by atoms with Gasteiger partial charge in [-0.3, -0.25) is 4.79 Å². The first-order valence-corrected chi connectivity index (χ1v) is 5.68. The molecule has 0 aromatic carbocycles. The largest absolute Gasteiger partial charge is 0.492 e. The van der Waals surface area contributed by atoms with E-state index in [2.05, 4.69) is 6.58 Å². The van der Waals surface area contributed by atoms with E-state index < -0.39 is 30.4 Å². The van der Waals surface area contributed by atoms with Crippen molar-refractivity contribution in [1.29, 1.82) is 0 Å². The van der Waals surface area contributed by atoms with Gasteiger partial charge in [-0.15, -0.1) is 6.58 Å². The van der Waals surface area contributed by atoms with Crippen molar-refractivity contribution in [3.8, 4) is 0 Å². The van der Waals surface area contributed by atoms with Crippen LogP contribution in [0.5, 0.6) is 0 Å². The lowest BCUT2D eigenvalue weighted by Gasteiger charge is -2.33. The Bertz CT molecular complexity index is 367. The molecular formula is C12H17NO6. The number of amides is 1. The molecule has 0 bridgehead atoms. The standard InChI is InChI=1S/C12H17NO6/c1-3-5-17-11-9(19-12(13)15)4-6-16-10(11)7-18-8(2)14/h3-4,6,9-11H,1,5,7H2,2H3,(H2,13,15)/t9-,10-,11+/m1/s1. The van der Waals surface area contributed by atoms with Gasteiger partial charge in [0.2, 0.25) is 0 Å². The van der Waals surface area contributed by atoms with Crippen LogP contribution in [0.25, 0.3) is 0 Å². The summed E-state index contributed by atoms with van der Waals surface area (Å²) in [6.45, 7) is 5.04. The molecule has 0 saturated heterocycles. The van der Waals surface area contributed by atoms with Gasteiger partial charge in [-0.1, -0.05) is 6.08 Å². The van der Waals surface area contributed by atoms with Crippen LogP contribution in [0, 0.1) is 0 Å². The van der Waals surface area contributed by atoms with Crippen molar-refractivity contribution < 1.29 is 28.5 Å². The lowest BCUT2D eigenvalue weighted by molar-refractivity contribution is -0.153. The molecule has 0 fully saturated rings. The number of rotatable bonds is 6. The van der Waals surface area contributed by atoms with E-state index >= 15 is 0 Å². The maximum atomic E-state index is 10.8. The van der Waals surface area contributed by atoms with E-state index in [1.807, 2.05) is 0 Å². The maximum Gasteiger partial charge on any atom is 0.405 e. The minimum absolute atomic E-state index is 0.0138. The molecule has 7 heteroatoms. The van der Waals surface area contributed by atoms with Crippen molar-refractivity contribution in [3.05, 3.63) is 25.0 Å². The molecule has 0 aromatic rings. The van der Waals surface area contributed by atoms with Gasteiger partial charge < -0.3 is 24.7 Å². The molecule has 2 N–H and O–H groups in total. The average Bonchev–Trinajstić information content (AvgIpc) is 2.34. The van der Waals surface area contributed by atoms with E-state index in [1.165, 1.54) is 19.3 Å². The highest BCUT2D eigenvalue weighted by Gasteiger charge is 2.36. The molecule has 1 rings (SSSR count). The summed E-state index contributed by atoms with van der Waals surface area (Å²) in [5.74, 6) is -0.437. The summed E-state index contributed by atoms with van der Waals surface area (Å²) in [5.41, 5.74) is 4.98. The van der Waals surface area contributed by atoms with Gasteiger partial charge in [0.1, 0.15) is 12.7 Å². The van der Waals surface area contributed by atoms with Gasteiger partial charge in [0.25, 0.3) is 0 Å². The van der Waals surface area contributed by atoms with E-state index in [4.69, 9.17) is 24.7 Å². The van der Waals surface area contributed by atoms with Crippen LogP contribution in [0.15, 0.2) is 25.0 Å². The summed E-state index contributed by atoms with van der Waals surface area (Å²) in [7, 11) is 0. The normalized spacial score (nSPS) is 25.2. The Morgan fingerprint density at radius 1 is 1.53 bits per heavy atom. The highest BCUT2D eigenvalue weighted by Crippen LogP contribution is 2.19. The van der Waals surface area contributed by atoms with E-state index in [9.17, 15) is 9.59 Å². The number of nitrogens with two attached hydrogens (primary N) is 1. The highest BCUT2D eigenvalue weighted by molar-refractivity contribution is 5.66. The molecule has 1 amide bonds. The summed E-state index contributed by atoms with van der Waals surface area (Å²) < 4.78 is 20.6. The fourth-order valence-electron chi connectivity index (χ4n) is 1.58. The Morgan fingerprint density at radius 2 is 2.26 bits per heavy atom. The van der Waals surface area contributed by atoms with E-state index in [0.717, 1.165) is 0 Å². The summed E-state index contributed by atoms with van der Waals surface area (Å²) >= 11 is 0. The van der Waals surface area contributed by atoms with Crippen LogP contribution in [0.3, 0.4) is 0 Å². The van der Waals surface area contributed by atoms with Gasteiger partial charge in [-0.05, 0) is 6.08 Å². The molecule has 7 nitrogen and oxygen atoms in total. The summed E-state index contributed by atoms with van der Waals surface area (Å²) in [5, 5.41) is 0. The van der Waals surface area contributed by atoms with Crippen molar-refractivity contribution in [2.75, 3.05) is 13.2 Å². The molecule has 0 saturated carbocycles. The summed E-state index contributed by atoms with van der Waals surface area (Å²) in [6, 6.07) is 0. The minimum atomic E-state index is -0.921. The monoisotopic (exact) mass is 271 g/mol. The van der Waals surface area contributed by atoms with Gasteiger partial charge in [0.15, 0.2) is 12.2 Å². The second-order valence-corrected chi connectivity index (χ2v) is 3.79. The molecule has 0 radical (unpaired) electrons. The second-order valence-electron chi connectivity index (χ2n) is 3.79. The molecule has 1 aliphatic heterocycles. The third-order valence-electron chi connectivity index (χ3n) is 2.32. The topological polar surface area (TPSA) is 97.1 Å². The Hall–Kier alpha value is -2.02. The number of carbonyl (C=O) groups excluding carboxylic acids is 2. The van der Waals surface area contributed by atoms with Crippen LogP contribution < -0.4 is 5.73 Å². The molecule has 0 aliphatic carbocycles. The molecule has 0 aromatic heterocycles. The first-order chi connectivity index (χ1) is 9.04. The van der Waals surface area contributed by atoms with Crippen molar-refractivity contribution in [3.63, 3.8) is 0 Å². The lowest BCUT2D eigenvalue weighted by Crippen LogP contribution is -2.47. The number of hydrogen-bond donors (Lipinski definition) is 1. The molecule has 3 atom stereocenters. The predicted octanol–water partition coefficient (Wildman–Crippen LogP) is 0.497. The van der Waals surface area contributed by atoms with Crippen molar-refractivity contribution in [2.45, 2.75) is 25.2 Å². The molecule has 1 heterocycles. The molecule has 0 spiro atoms. The van der Waals surface area contributed by atoms with Gasteiger partial charge in [0.05, 0.1) is 12.9 Å². The first-order valence-electron chi connectivity index (χ1n) is 5.68. The van der Waals surface area contributed by atoms with Crippen molar-refractivity contribution in [1.82, 2.24) is 0 Å². The zero-order chi connectivity index (χ0) is 14.3. The van der Waals surface area contributed by atoms with E-state index in [1.54, 1.807) is 6.08 Å². The van der Waals surface area contributed by atoms with Crippen LogP contribution in [-0.2, 0) is 23.7 Å². The zero-order valence-corrected chi connectivity index (χ0v) is 10.6. The Balaban J connectivity index is 2.71. The fourth-order valence-corrected chi connectivity index (χ4v) is 1.58. The third kappa shape index (κ3) is 5.01. The third-order valence-corrected chi connectivity index (χ3v) is 2.32. The van der Waals surface area contributed by atoms with E-state index in [0.29, 0.717) is 0 Å². The van der Waals surface area contributed by atoms with Crippen LogP contribution in [0.4, 0.5) is 4.79 Å². The molecule has 1 aliphatic rings. The lowest BCUT2D eigenvalue weighted by atomic mass is 10.1. The van der Waals surface area contributed by atoms with Crippen LogP contribution in [-0.4, -0.2) is 43.6 Å². The Kier molecular flexibility index (Phi) is 5.87. The van der Waals surface area contributed by atoms with Gasteiger partial charge in [0, 0.05) is 6.92 Å². The quantitative estimate of drug-likeness (QED) is 0.558. The SMILES string of the molecule is C=CCO[C@H]1[C@H](OC(N)=O)C=CO[C@@H]1COC(C)=O. The average molecular weight is 271 g/mol. The van der Waals surface area contributed by atoms with Crippen molar-refractivity contribution in [2.24, 2.45) is 5.73 Å². The molecule has 19 heavy (non-hydrogen) atoms.